The van der Waals surface area contributed by atoms with Crippen molar-refractivity contribution in [3.63, 3.8) is 0 Å². The second-order valence-electron chi connectivity index (χ2n) is 6.69. The molecule has 0 heterocycles. The highest BCUT2D eigenvalue weighted by molar-refractivity contribution is 5.99. The molecular formula is C20H19F3N2O2. The SMILES string of the molecule is CN(Cc1ccccc1)C(=O)C1CC1C(=O)Nc1ccc(C(F)(F)F)cc1. The normalized spacial score (nSPS) is 18.7. The molecule has 0 radical (unpaired) electrons. The van der Waals surface area contributed by atoms with E-state index in [4.69, 9.17) is 0 Å². The van der Waals surface area contributed by atoms with Gasteiger partial charge in [-0.1, -0.05) is 30.3 Å². The van der Waals surface area contributed by atoms with Crippen molar-refractivity contribution in [3.8, 4) is 0 Å². The number of hydrogen-bond acceptors (Lipinski definition) is 2. The van der Waals surface area contributed by atoms with Gasteiger partial charge in [0.2, 0.25) is 11.8 Å². The van der Waals surface area contributed by atoms with Crippen molar-refractivity contribution in [3.05, 3.63) is 65.7 Å². The van der Waals surface area contributed by atoms with Crippen LogP contribution in [0.4, 0.5) is 18.9 Å². The van der Waals surface area contributed by atoms with E-state index in [1.165, 1.54) is 12.1 Å². The van der Waals surface area contributed by atoms with Crippen molar-refractivity contribution >= 4 is 17.5 Å². The molecule has 7 heteroatoms. The van der Waals surface area contributed by atoms with Gasteiger partial charge in [0.05, 0.1) is 17.4 Å². The summed E-state index contributed by atoms with van der Waals surface area (Å²) in [4.78, 5) is 26.3. The number of rotatable bonds is 5. The van der Waals surface area contributed by atoms with E-state index in [2.05, 4.69) is 5.32 Å². The van der Waals surface area contributed by atoms with E-state index in [-0.39, 0.29) is 23.4 Å². The molecule has 142 valence electrons. The minimum absolute atomic E-state index is 0.105. The molecule has 27 heavy (non-hydrogen) atoms. The first-order valence-electron chi connectivity index (χ1n) is 8.53. The minimum Gasteiger partial charge on any atom is -0.341 e. The lowest BCUT2D eigenvalue weighted by Gasteiger charge is -2.17. The van der Waals surface area contributed by atoms with E-state index in [0.717, 1.165) is 17.7 Å². The van der Waals surface area contributed by atoms with Crippen LogP contribution in [-0.2, 0) is 22.3 Å². The highest BCUT2D eigenvalue weighted by Crippen LogP contribution is 2.41. The predicted octanol–water partition coefficient (Wildman–Crippen LogP) is 3.94. The van der Waals surface area contributed by atoms with Crippen molar-refractivity contribution in [1.29, 1.82) is 0 Å². The van der Waals surface area contributed by atoms with Crippen LogP contribution in [0.25, 0.3) is 0 Å². The van der Waals surface area contributed by atoms with Crippen molar-refractivity contribution in [2.24, 2.45) is 11.8 Å². The Morgan fingerprint density at radius 2 is 1.67 bits per heavy atom. The molecule has 2 aromatic carbocycles. The van der Waals surface area contributed by atoms with Gasteiger partial charge in [0, 0.05) is 19.3 Å². The predicted molar refractivity (Wildman–Crippen MR) is 94.6 cm³/mol. The summed E-state index contributed by atoms with van der Waals surface area (Å²) < 4.78 is 37.7. The van der Waals surface area contributed by atoms with Gasteiger partial charge in [-0.25, -0.2) is 0 Å². The highest BCUT2D eigenvalue weighted by atomic mass is 19.4. The summed E-state index contributed by atoms with van der Waals surface area (Å²) in [5.74, 6) is -1.28. The van der Waals surface area contributed by atoms with E-state index < -0.39 is 17.7 Å². The average molecular weight is 376 g/mol. The average Bonchev–Trinajstić information content (AvgIpc) is 3.42. The molecule has 3 rings (SSSR count). The van der Waals surface area contributed by atoms with Crippen molar-refractivity contribution < 1.29 is 22.8 Å². The molecule has 4 nitrogen and oxygen atoms in total. The zero-order valence-corrected chi connectivity index (χ0v) is 14.7. The molecule has 2 unspecified atom stereocenters. The first-order chi connectivity index (χ1) is 12.8. The fourth-order valence-corrected chi connectivity index (χ4v) is 2.95. The van der Waals surface area contributed by atoms with Crippen LogP contribution < -0.4 is 5.32 Å². The van der Waals surface area contributed by atoms with Gasteiger partial charge in [0.15, 0.2) is 0 Å². The molecule has 0 saturated heterocycles. The summed E-state index contributed by atoms with van der Waals surface area (Å²) in [5, 5.41) is 2.58. The van der Waals surface area contributed by atoms with Crippen LogP contribution in [0.1, 0.15) is 17.5 Å². The zero-order valence-electron chi connectivity index (χ0n) is 14.7. The maximum atomic E-state index is 12.6. The number of nitrogens with one attached hydrogen (secondary N) is 1. The molecule has 2 atom stereocenters. The van der Waals surface area contributed by atoms with Crippen LogP contribution in [0.2, 0.25) is 0 Å². The van der Waals surface area contributed by atoms with Gasteiger partial charge in [-0.15, -0.1) is 0 Å². The van der Waals surface area contributed by atoms with Gasteiger partial charge in [-0.05, 0) is 36.2 Å². The number of benzene rings is 2. The van der Waals surface area contributed by atoms with Crippen molar-refractivity contribution in [1.82, 2.24) is 4.90 Å². The van der Waals surface area contributed by atoms with E-state index >= 15 is 0 Å². The maximum Gasteiger partial charge on any atom is 0.416 e. The Balaban J connectivity index is 1.53. The van der Waals surface area contributed by atoms with Crippen molar-refractivity contribution in [2.75, 3.05) is 12.4 Å². The van der Waals surface area contributed by atoms with E-state index in [9.17, 15) is 22.8 Å². The van der Waals surface area contributed by atoms with Crippen LogP contribution >= 0.6 is 0 Å². The molecule has 1 aliphatic carbocycles. The van der Waals surface area contributed by atoms with Gasteiger partial charge >= 0.3 is 6.18 Å². The second kappa shape index (κ2) is 7.42. The number of halogens is 3. The molecule has 1 fully saturated rings. The van der Waals surface area contributed by atoms with E-state index in [0.29, 0.717) is 13.0 Å². The number of carbonyl (C=O) groups excluding carboxylic acids is 2. The molecule has 2 amide bonds. The topological polar surface area (TPSA) is 49.4 Å². The molecule has 2 aromatic rings. The molecular weight excluding hydrogens is 357 g/mol. The lowest BCUT2D eigenvalue weighted by molar-refractivity contribution is -0.137. The van der Waals surface area contributed by atoms with Gasteiger partial charge in [0.1, 0.15) is 0 Å². The third-order valence-corrected chi connectivity index (χ3v) is 4.56. The monoisotopic (exact) mass is 376 g/mol. The molecule has 0 aromatic heterocycles. The lowest BCUT2D eigenvalue weighted by Crippen LogP contribution is -2.29. The quantitative estimate of drug-likeness (QED) is 0.859. The van der Waals surface area contributed by atoms with E-state index in [1.54, 1.807) is 11.9 Å². The number of amides is 2. The summed E-state index contributed by atoms with van der Waals surface area (Å²) in [6.07, 6.45) is -3.97. The summed E-state index contributed by atoms with van der Waals surface area (Å²) in [5.41, 5.74) is 0.506. The Bertz CT molecular complexity index is 819. The molecule has 0 aliphatic heterocycles. The summed E-state index contributed by atoms with van der Waals surface area (Å²) in [7, 11) is 1.69. The minimum atomic E-state index is -4.42. The van der Waals surface area contributed by atoms with Gasteiger partial charge in [-0.2, -0.15) is 13.2 Å². The number of carbonyl (C=O) groups is 2. The fourth-order valence-electron chi connectivity index (χ4n) is 2.95. The number of alkyl halides is 3. The first kappa shape index (κ1) is 18.9. The molecule has 0 spiro atoms. The number of nitrogens with zero attached hydrogens (tertiary/aromatic N) is 1. The highest BCUT2D eigenvalue weighted by Gasteiger charge is 2.49. The third-order valence-electron chi connectivity index (χ3n) is 4.56. The van der Waals surface area contributed by atoms with Gasteiger partial charge in [0.25, 0.3) is 0 Å². The Kier molecular flexibility index (Phi) is 5.21. The second-order valence-corrected chi connectivity index (χ2v) is 6.69. The fraction of sp³-hybridized carbons (Fsp3) is 0.300. The van der Waals surface area contributed by atoms with Crippen LogP contribution in [0.5, 0.6) is 0 Å². The molecule has 1 saturated carbocycles. The number of hydrogen-bond donors (Lipinski definition) is 1. The lowest BCUT2D eigenvalue weighted by atomic mass is 10.2. The van der Waals surface area contributed by atoms with Crippen LogP contribution in [-0.4, -0.2) is 23.8 Å². The smallest absolute Gasteiger partial charge is 0.341 e. The molecule has 1 N–H and O–H groups in total. The van der Waals surface area contributed by atoms with Crippen LogP contribution in [0.15, 0.2) is 54.6 Å². The summed E-state index contributed by atoms with van der Waals surface area (Å²) in [6, 6.07) is 13.8. The molecule has 0 bridgehead atoms. The Labute approximate surface area is 155 Å². The largest absolute Gasteiger partial charge is 0.416 e. The first-order valence-corrected chi connectivity index (χ1v) is 8.53. The maximum absolute atomic E-state index is 12.6. The van der Waals surface area contributed by atoms with Gasteiger partial charge < -0.3 is 10.2 Å². The van der Waals surface area contributed by atoms with Gasteiger partial charge in [-0.3, -0.25) is 9.59 Å². The van der Waals surface area contributed by atoms with Crippen LogP contribution in [0, 0.1) is 11.8 Å². The molecule has 1 aliphatic rings. The Hall–Kier alpha value is -2.83. The third kappa shape index (κ3) is 4.67. The Morgan fingerprint density at radius 3 is 2.26 bits per heavy atom. The standard InChI is InChI=1S/C20H19F3N2O2/c1-25(12-13-5-3-2-4-6-13)19(27)17-11-16(17)18(26)24-15-9-7-14(8-10-15)20(21,22)23/h2-10,16-17H,11-12H2,1H3,(H,24,26). The zero-order chi connectivity index (χ0) is 19.6. The Morgan fingerprint density at radius 1 is 1.04 bits per heavy atom. The van der Waals surface area contributed by atoms with Crippen molar-refractivity contribution in [2.45, 2.75) is 19.1 Å². The van der Waals surface area contributed by atoms with E-state index in [1.807, 2.05) is 30.3 Å². The summed E-state index contributed by atoms with van der Waals surface area (Å²) in [6.45, 7) is 0.462. The number of anilines is 1. The van der Waals surface area contributed by atoms with Crippen LogP contribution in [0.3, 0.4) is 0 Å². The summed E-state index contributed by atoms with van der Waals surface area (Å²) >= 11 is 0.